The van der Waals surface area contributed by atoms with E-state index in [2.05, 4.69) is 27.3 Å². The molecule has 2 aromatic rings. The van der Waals surface area contributed by atoms with Crippen molar-refractivity contribution in [1.29, 1.82) is 0 Å². The molecule has 3 aliphatic rings. The molecule has 0 aromatic heterocycles. The number of hydrogen-bond acceptors (Lipinski definition) is 5. The summed E-state index contributed by atoms with van der Waals surface area (Å²) in [7, 11) is 0. The molecule has 2 fully saturated rings. The van der Waals surface area contributed by atoms with E-state index in [0.717, 1.165) is 16.5 Å². The van der Waals surface area contributed by atoms with Gasteiger partial charge >= 0.3 is 5.97 Å². The molecule has 0 radical (unpaired) electrons. The van der Waals surface area contributed by atoms with Crippen LogP contribution in [0.2, 0.25) is 0 Å². The van der Waals surface area contributed by atoms with Crippen LogP contribution in [0.15, 0.2) is 58.6 Å². The molecular weight excluding hydrogens is 500 g/mol. The minimum Gasteiger partial charge on any atom is -0.452 e. The number of halogens is 1. The number of benzene rings is 2. The average molecular weight is 523 g/mol. The standard InChI is InChI=1S/C26H23BrN2O5/c1-13-9-16-11-19(13)23-22(16)24(31)29(25(23)32)18-6-3-15(4-7-18)26(33)34-12-21(30)28-20-8-5-17(27)10-14(20)2/h3-10,16,19,22-23H,11-12H2,1-2H3,(H,28,30)/t16-,19+,22-,23+/m0/s1. The molecule has 0 unspecified atom stereocenters. The summed E-state index contributed by atoms with van der Waals surface area (Å²) in [6.07, 6.45) is 3.01. The number of imide groups is 1. The second-order valence-electron chi connectivity index (χ2n) is 9.11. The molecule has 8 heteroatoms. The fourth-order valence-electron chi connectivity index (χ4n) is 5.44. The summed E-state index contributed by atoms with van der Waals surface area (Å²) in [6, 6.07) is 11.6. The molecule has 4 atom stereocenters. The lowest BCUT2D eigenvalue weighted by molar-refractivity contribution is -0.123. The Morgan fingerprint density at radius 2 is 1.76 bits per heavy atom. The Balaban J connectivity index is 1.21. The number of hydrogen-bond donors (Lipinski definition) is 1. The zero-order valence-corrected chi connectivity index (χ0v) is 20.3. The topological polar surface area (TPSA) is 92.8 Å². The molecule has 1 aliphatic heterocycles. The Morgan fingerprint density at radius 3 is 2.47 bits per heavy atom. The lowest BCUT2D eigenvalue weighted by Gasteiger charge is -2.19. The number of ether oxygens (including phenoxy) is 1. The summed E-state index contributed by atoms with van der Waals surface area (Å²) in [5, 5.41) is 2.71. The largest absolute Gasteiger partial charge is 0.452 e. The molecule has 34 heavy (non-hydrogen) atoms. The van der Waals surface area contributed by atoms with Crippen molar-refractivity contribution in [2.45, 2.75) is 20.3 Å². The number of esters is 1. The molecule has 1 N–H and O–H groups in total. The van der Waals surface area contributed by atoms with E-state index >= 15 is 0 Å². The Morgan fingerprint density at radius 1 is 1.06 bits per heavy atom. The van der Waals surface area contributed by atoms with Crippen LogP contribution in [0.25, 0.3) is 0 Å². The maximum Gasteiger partial charge on any atom is 0.338 e. The molecule has 2 aliphatic carbocycles. The van der Waals surface area contributed by atoms with E-state index in [4.69, 9.17) is 4.74 Å². The number of nitrogens with zero attached hydrogens (tertiary/aromatic N) is 1. The highest BCUT2D eigenvalue weighted by molar-refractivity contribution is 9.10. The highest BCUT2D eigenvalue weighted by Gasteiger charge is 2.60. The van der Waals surface area contributed by atoms with Crippen LogP contribution in [0.4, 0.5) is 11.4 Å². The highest BCUT2D eigenvalue weighted by Crippen LogP contribution is 2.55. The predicted octanol–water partition coefficient (Wildman–Crippen LogP) is 4.25. The Hall–Kier alpha value is -3.26. The SMILES string of the molecule is CC1=C[C@H]2C[C@H]1[C@H]1C(=O)N(c3ccc(C(=O)OCC(=O)Nc4ccc(Br)cc4C)cc3)C(=O)[C@H]12. The van der Waals surface area contributed by atoms with Gasteiger partial charge in [0, 0.05) is 10.2 Å². The number of carbonyl (C=O) groups excluding carboxylic acids is 4. The lowest BCUT2D eigenvalue weighted by Crippen LogP contribution is -2.33. The van der Waals surface area contributed by atoms with Crippen LogP contribution >= 0.6 is 15.9 Å². The van der Waals surface area contributed by atoms with Crippen molar-refractivity contribution in [2.24, 2.45) is 23.7 Å². The number of rotatable bonds is 5. The molecule has 174 valence electrons. The molecule has 1 saturated heterocycles. The molecule has 3 amide bonds. The third kappa shape index (κ3) is 3.76. The van der Waals surface area contributed by atoms with Crippen molar-refractivity contribution in [3.63, 3.8) is 0 Å². The number of aryl methyl sites for hydroxylation is 1. The van der Waals surface area contributed by atoms with Gasteiger partial charge in [0.1, 0.15) is 0 Å². The predicted molar refractivity (Wildman–Crippen MR) is 129 cm³/mol. The van der Waals surface area contributed by atoms with Crippen molar-refractivity contribution in [1.82, 2.24) is 0 Å². The molecule has 1 heterocycles. The number of fused-ring (bicyclic) bond motifs is 5. The third-order valence-electron chi connectivity index (χ3n) is 7.04. The fourth-order valence-corrected chi connectivity index (χ4v) is 5.92. The average Bonchev–Trinajstić information content (AvgIpc) is 3.44. The van der Waals surface area contributed by atoms with Crippen LogP contribution < -0.4 is 10.2 Å². The first-order chi connectivity index (χ1) is 16.2. The van der Waals surface area contributed by atoms with Crippen LogP contribution in [0.5, 0.6) is 0 Å². The maximum absolute atomic E-state index is 13.1. The van der Waals surface area contributed by atoms with Crippen LogP contribution in [0.3, 0.4) is 0 Å². The van der Waals surface area contributed by atoms with Gasteiger partial charge in [-0.15, -0.1) is 0 Å². The van der Waals surface area contributed by atoms with Gasteiger partial charge in [-0.05, 0) is 80.1 Å². The first kappa shape index (κ1) is 22.5. The molecule has 2 bridgehead atoms. The van der Waals surface area contributed by atoms with Crippen molar-refractivity contribution in [3.05, 3.63) is 69.7 Å². The zero-order valence-electron chi connectivity index (χ0n) is 18.7. The summed E-state index contributed by atoms with van der Waals surface area (Å²) in [5.41, 5.74) is 3.39. The van der Waals surface area contributed by atoms with E-state index in [-0.39, 0.29) is 41.0 Å². The third-order valence-corrected chi connectivity index (χ3v) is 7.53. The van der Waals surface area contributed by atoms with Gasteiger partial charge in [-0.25, -0.2) is 4.79 Å². The molecular formula is C26H23BrN2O5. The first-order valence-corrected chi connectivity index (χ1v) is 11.9. The van der Waals surface area contributed by atoms with Gasteiger partial charge in [0.05, 0.1) is 23.1 Å². The van der Waals surface area contributed by atoms with Crippen LogP contribution in [-0.4, -0.2) is 30.3 Å². The number of amides is 3. The number of anilines is 2. The van der Waals surface area contributed by atoms with Crippen LogP contribution in [0, 0.1) is 30.6 Å². The Kier molecular flexibility index (Phi) is 5.64. The van der Waals surface area contributed by atoms with Crippen molar-refractivity contribution < 1.29 is 23.9 Å². The summed E-state index contributed by atoms with van der Waals surface area (Å²) in [5.74, 6) is -1.71. The Labute approximate surface area is 205 Å². The smallest absolute Gasteiger partial charge is 0.338 e. The summed E-state index contributed by atoms with van der Waals surface area (Å²) in [6.45, 7) is 3.46. The van der Waals surface area contributed by atoms with Crippen molar-refractivity contribution in [3.8, 4) is 0 Å². The summed E-state index contributed by atoms with van der Waals surface area (Å²) < 4.78 is 6.03. The Bertz CT molecular complexity index is 1250. The molecule has 0 spiro atoms. The quantitative estimate of drug-likeness (QED) is 0.360. The van der Waals surface area contributed by atoms with Gasteiger partial charge in [-0.2, -0.15) is 0 Å². The molecule has 7 nitrogen and oxygen atoms in total. The van der Waals surface area contributed by atoms with E-state index in [1.54, 1.807) is 18.2 Å². The minimum absolute atomic E-state index is 0.137. The minimum atomic E-state index is -0.664. The lowest BCUT2D eigenvalue weighted by atomic mass is 9.82. The summed E-state index contributed by atoms with van der Waals surface area (Å²) in [4.78, 5) is 51.9. The van der Waals surface area contributed by atoms with Gasteiger partial charge in [0.2, 0.25) is 11.8 Å². The fraction of sp³-hybridized carbons (Fsp3) is 0.308. The number of allylic oxidation sites excluding steroid dienone is 2. The molecule has 5 rings (SSSR count). The molecule has 1 saturated carbocycles. The van der Waals surface area contributed by atoms with E-state index in [9.17, 15) is 19.2 Å². The normalized spacial score (nSPS) is 24.8. The molecule has 2 aromatic carbocycles. The highest BCUT2D eigenvalue weighted by atomic mass is 79.9. The van der Waals surface area contributed by atoms with Crippen molar-refractivity contribution in [2.75, 3.05) is 16.8 Å². The van der Waals surface area contributed by atoms with Crippen molar-refractivity contribution >= 4 is 51.0 Å². The van der Waals surface area contributed by atoms with Gasteiger partial charge in [0.25, 0.3) is 5.91 Å². The second-order valence-corrected chi connectivity index (χ2v) is 10.0. The monoisotopic (exact) mass is 522 g/mol. The van der Waals surface area contributed by atoms with Crippen LogP contribution in [-0.2, 0) is 19.1 Å². The number of nitrogens with one attached hydrogen (secondary N) is 1. The zero-order chi connectivity index (χ0) is 24.1. The second kappa shape index (κ2) is 8.51. The van der Waals surface area contributed by atoms with Gasteiger partial charge in [-0.1, -0.05) is 27.6 Å². The van der Waals surface area contributed by atoms with E-state index < -0.39 is 18.5 Å². The first-order valence-electron chi connectivity index (χ1n) is 11.1. The van der Waals surface area contributed by atoms with E-state index in [1.807, 2.05) is 26.0 Å². The summed E-state index contributed by atoms with van der Waals surface area (Å²) >= 11 is 3.37. The van der Waals surface area contributed by atoms with E-state index in [0.29, 0.717) is 11.4 Å². The number of carbonyl (C=O) groups is 4. The van der Waals surface area contributed by atoms with E-state index in [1.165, 1.54) is 22.6 Å². The van der Waals surface area contributed by atoms with Gasteiger partial charge in [0.15, 0.2) is 6.61 Å². The van der Waals surface area contributed by atoms with Gasteiger partial charge in [-0.3, -0.25) is 19.3 Å². The van der Waals surface area contributed by atoms with Gasteiger partial charge < -0.3 is 10.1 Å². The van der Waals surface area contributed by atoms with Crippen LogP contribution in [0.1, 0.15) is 29.3 Å². The maximum atomic E-state index is 13.1.